The number of nitrogens with zero attached hydrogens (tertiary/aromatic N) is 3. The summed E-state index contributed by atoms with van der Waals surface area (Å²) in [6, 6.07) is 18.3. The van der Waals surface area contributed by atoms with Gasteiger partial charge in [0.2, 0.25) is 5.91 Å². The van der Waals surface area contributed by atoms with Gasteiger partial charge < -0.3 is 14.8 Å². The molecular weight excluding hydrogens is 424 g/mol. The van der Waals surface area contributed by atoms with E-state index in [9.17, 15) is 9.59 Å². The number of aryl methyl sites for hydroxylation is 3. The highest BCUT2D eigenvalue weighted by atomic mass is 16.2. The number of carbonyl (C=O) groups is 2. The van der Waals surface area contributed by atoms with E-state index in [4.69, 9.17) is 0 Å². The van der Waals surface area contributed by atoms with Crippen molar-refractivity contribution in [3.63, 3.8) is 0 Å². The Balaban J connectivity index is 1.34. The van der Waals surface area contributed by atoms with Gasteiger partial charge in [-0.25, -0.2) is 0 Å². The van der Waals surface area contributed by atoms with E-state index in [1.807, 2.05) is 68.1 Å². The van der Waals surface area contributed by atoms with Crippen LogP contribution >= 0.6 is 0 Å². The van der Waals surface area contributed by atoms with Crippen LogP contribution in [-0.2, 0) is 11.3 Å². The minimum Gasteiger partial charge on any atom is -0.344 e. The topological polar surface area (TPSA) is 57.6 Å². The fraction of sp³-hybridized carbons (Fsp3) is 0.357. The first-order valence-corrected chi connectivity index (χ1v) is 11.9. The highest BCUT2D eigenvalue weighted by Gasteiger charge is 2.26. The van der Waals surface area contributed by atoms with E-state index in [1.165, 1.54) is 5.56 Å². The first kappa shape index (κ1) is 23.8. The molecule has 1 N–H and O–H groups in total. The number of amides is 2. The first-order chi connectivity index (χ1) is 16.3. The molecule has 1 saturated heterocycles. The monoisotopic (exact) mass is 458 g/mol. The molecule has 2 heterocycles. The van der Waals surface area contributed by atoms with Crippen molar-refractivity contribution >= 4 is 17.5 Å². The summed E-state index contributed by atoms with van der Waals surface area (Å²) in [5.74, 6) is 0.0636. The third-order valence-corrected chi connectivity index (χ3v) is 6.76. The van der Waals surface area contributed by atoms with E-state index in [-0.39, 0.29) is 11.8 Å². The summed E-state index contributed by atoms with van der Waals surface area (Å²) in [6.07, 6.45) is 0. The van der Waals surface area contributed by atoms with Gasteiger partial charge in [0.05, 0.1) is 12.1 Å². The molecule has 1 fully saturated rings. The molecular formula is C28H34N4O2. The number of nitrogens with one attached hydrogen (secondary N) is 1. The van der Waals surface area contributed by atoms with Crippen molar-refractivity contribution in [1.29, 1.82) is 0 Å². The maximum atomic E-state index is 13.3. The minimum atomic E-state index is -0.0124. The van der Waals surface area contributed by atoms with Gasteiger partial charge in [-0.2, -0.15) is 0 Å². The molecule has 0 radical (unpaired) electrons. The zero-order valence-corrected chi connectivity index (χ0v) is 20.6. The lowest BCUT2D eigenvalue weighted by molar-refractivity contribution is -0.117. The maximum absolute atomic E-state index is 13.3. The smallest absolute Gasteiger partial charge is 0.255 e. The molecule has 0 spiro atoms. The van der Waals surface area contributed by atoms with Gasteiger partial charge in [0, 0.05) is 49.8 Å². The quantitative estimate of drug-likeness (QED) is 0.603. The Bertz CT molecular complexity index is 1150. The lowest BCUT2D eigenvalue weighted by Crippen LogP contribution is -2.50. The van der Waals surface area contributed by atoms with Crippen LogP contribution in [0.15, 0.2) is 54.6 Å². The Hall–Kier alpha value is -3.38. The number of benzene rings is 2. The summed E-state index contributed by atoms with van der Waals surface area (Å²) in [6.45, 7) is 11.8. The van der Waals surface area contributed by atoms with Gasteiger partial charge in [0.25, 0.3) is 5.91 Å². The maximum Gasteiger partial charge on any atom is 0.255 e. The largest absolute Gasteiger partial charge is 0.344 e. The van der Waals surface area contributed by atoms with Crippen molar-refractivity contribution < 1.29 is 9.59 Å². The van der Waals surface area contributed by atoms with Gasteiger partial charge in [0.15, 0.2) is 0 Å². The van der Waals surface area contributed by atoms with E-state index < -0.39 is 0 Å². The molecule has 4 rings (SSSR count). The predicted molar refractivity (Wildman–Crippen MR) is 136 cm³/mol. The van der Waals surface area contributed by atoms with Crippen LogP contribution in [0, 0.1) is 27.7 Å². The van der Waals surface area contributed by atoms with Crippen molar-refractivity contribution in [2.75, 3.05) is 38.0 Å². The molecule has 0 atom stereocenters. The second-order valence-corrected chi connectivity index (χ2v) is 9.24. The lowest BCUT2D eigenvalue weighted by atomic mass is 10.1. The van der Waals surface area contributed by atoms with Crippen LogP contribution in [0.1, 0.15) is 38.4 Å². The van der Waals surface area contributed by atoms with E-state index in [0.717, 1.165) is 40.3 Å². The number of rotatable bonds is 6. The second-order valence-electron chi connectivity index (χ2n) is 9.24. The van der Waals surface area contributed by atoms with Crippen LogP contribution in [0.4, 0.5) is 5.69 Å². The normalized spacial score (nSPS) is 14.3. The SMILES string of the molecule is Cc1cccc(C)c1NC(=O)CN1CCN(C(=O)c2cc(C)n(Cc3ccccc3)c2C)CC1. The molecule has 0 saturated carbocycles. The number of aromatic nitrogens is 1. The molecule has 0 unspecified atom stereocenters. The number of para-hydroxylation sites is 1. The Morgan fingerprint density at radius 2 is 1.50 bits per heavy atom. The van der Waals surface area contributed by atoms with Crippen LogP contribution in [0.25, 0.3) is 0 Å². The molecule has 3 aromatic rings. The predicted octanol–water partition coefficient (Wildman–Crippen LogP) is 4.17. The first-order valence-electron chi connectivity index (χ1n) is 11.9. The third kappa shape index (κ3) is 5.23. The highest BCUT2D eigenvalue weighted by Crippen LogP contribution is 2.21. The average molecular weight is 459 g/mol. The lowest BCUT2D eigenvalue weighted by Gasteiger charge is -2.34. The zero-order valence-electron chi connectivity index (χ0n) is 20.6. The standard InChI is InChI=1S/C28H34N4O2/c1-20-9-8-10-21(2)27(20)29-26(33)19-30-13-15-31(16-14-30)28(34)25-17-22(3)32(23(25)4)18-24-11-6-5-7-12-24/h5-12,17H,13-16,18-19H2,1-4H3,(H,29,33). The van der Waals surface area contributed by atoms with E-state index in [2.05, 4.69) is 33.8 Å². The summed E-state index contributed by atoms with van der Waals surface area (Å²) in [5.41, 5.74) is 7.11. The summed E-state index contributed by atoms with van der Waals surface area (Å²) < 4.78 is 2.21. The minimum absolute atomic E-state index is 0.0124. The van der Waals surface area contributed by atoms with E-state index in [0.29, 0.717) is 32.7 Å². The Morgan fingerprint density at radius 1 is 0.853 bits per heavy atom. The summed E-state index contributed by atoms with van der Waals surface area (Å²) in [4.78, 5) is 29.9. The molecule has 34 heavy (non-hydrogen) atoms. The molecule has 1 aliphatic heterocycles. The van der Waals surface area contributed by atoms with Gasteiger partial charge in [0.1, 0.15) is 0 Å². The molecule has 6 nitrogen and oxygen atoms in total. The van der Waals surface area contributed by atoms with E-state index in [1.54, 1.807) is 0 Å². The Morgan fingerprint density at radius 3 is 2.15 bits per heavy atom. The molecule has 178 valence electrons. The van der Waals surface area contributed by atoms with Crippen LogP contribution in [-0.4, -0.2) is 58.9 Å². The van der Waals surface area contributed by atoms with Gasteiger partial charge in [-0.15, -0.1) is 0 Å². The van der Waals surface area contributed by atoms with Crippen molar-refractivity contribution in [1.82, 2.24) is 14.4 Å². The number of carbonyl (C=O) groups excluding carboxylic acids is 2. The van der Waals surface area contributed by atoms with Gasteiger partial charge in [-0.3, -0.25) is 14.5 Å². The molecule has 6 heteroatoms. The summed E-state index contributed by atoms with van der Waals surface area (Å²) >= 11 is 0. The van der Waals surface area contributed by atoms with Crippen molar-refractivity contribution in [2.45, 2.75) is 34.2 Å². The number of hydrogen-bond acceptors (Lipinski definition) is 3. The van der Waals surface area contributed by atoms with E-state index >= 15 is 0 Å². The second kappa shape index (κ2) is 10.3. The van der Waals surface area contributed by atoms with Crippen LogP contribution < -0.4 is 5.32 Å². The molecule has 1 aromatic heterocycles. The van der Waals surface area contributed by atoms with Gasteiger partial charge >= 0.3 is 0 Å². The molecule has 2 aromatic carbocycles. The van der Waals surface area contributed by atoms with Gasteiger partial charge in [-0.05, 0) is 50.5 Å². The Kier molecular flexibility index (Phi) is 7.17. The number of piperazine rings is 1. The Labute approximate surface area is 202 Å². The number of hydrogen-bond donors (Lipinski definition) is 1. The highest BCUT2D eigenvalue weighted by molar-refractivity contribution is 5.96. The third-order valence-electron chi connectivity index (χ3n) is 6.76. The average Bonchev–Trinajstić information content (AvgIpc) is 3.10. The summed E-state index contributed by atoms with van der Waals surface area (Å²) in [7, 11) is 0. The number of anilines is 1. The molecule has 0 bridgehead atoms. The van der Waals surface area contributed by atoms with Crippen LogP contribution in [0.5, 0.6) is 0 Å². The zero-order chi connectivity index (χ0) is 24.2. The van der Waals surface area contributed by atoms with Gasteiger partial charge in [-0.1, -0.05) is 48.5 Å². The fourth-order valence-electron chi connectivity index (χ4n) is 4.70. The molecule has 0 aliphatic carbocycles. The molecule has 2 amide bonds. The van der Waals surface area contributed by atoms with Crippen molar-refractivity contribution in [2.24, 2.45) is 0 Å². The van der Waals surface area contributed by atoms with Crippen LogP contribution in [0.3, 0.4) is 0 Å². The molecule has 1 aliphatic rings. The van der Waals surface area contributed by atoms with Crippen LogP contribution in [0.2, 0.25) is 0 Å². The van der Waals surface area contributed by atoms with Crippen molar-refractivity contribution in [3.8, 4) is 0 Å². The summed E-state index contributed by atoms with van der Waals surface area (Å²) in [5, 5.41) is 3.06. The fourth-order valence-corrected chi connectivity index (χ4v) is 4.70. The van der Waals surface area contributed by atoms with Crippen molar-refractivity contribution in [3.05, 3.63) is 88.2 Å².